The first-order valence-corrected chi connectivity index (χ1v) is 11.5. The van der Waals surface area contributed by atoms with E-state index in [1.807, 2.05) is 24.3 Å². The number of pyridine rings is 1. The Morgan fingerprint density at radius 3 is 2.84 bits per heavy atom. The zero-order valence-electron chi connectivity index (χ0n) is 18.6. The smallest absolute Gasteiger partial charge is 0.253 e. The second-order valence-electron chi connectivity index (χ2n) is 7.89. The first-order chi connectivity index (χ1) is 15.1. The number of morpholine rings is 1. The maximum absolute atomic E-state index is 12.7. The Morgan fingerprint density at radius 1 is 1.29 bits per heavy atom. The lowest BCUT2D eigenvalue weighted by Crippen LogP contribution is -2.43. The van der Waals surface area contributed by atoms with Gasteiger partial charge in [-0.3, -0.25) is 9.69 Å². The number of nitrogens with one attached hydrogen (secondary N) is 2. The van der Waals surface area contributed by atoms with Crippen LogP contribution in [0.4, 0.5) is 0 Å². The third kappa shape index (κ3) is 6.92. The second-order valence-corrected chi connectivity index (χ2v) is 8.28. The molecule has 31 heavy (non-hydrogen) atoms. The van der Waals surface area contributed by atoms with E-state index in [1.54, 1.807) is 7.11 Å². The lowest BCUT2D eigenvalue weighted by molar-refractivity contribution is 0.0367. The molecule has 0 bridgehead atoms. The van der Waals surface area contributed by atoms with Gasteiger partial charge in [-0.15, -0.1) is 0 Å². The zero-order valence-corrected chi connectivity index (χ0v) is 19.4. The van der Waals surface area contributed by atoms with Crippen LogP contribution in [0.15, 0.2) is 29.1 Å². The predicted octanol–water partition coefficient (Wildman–Crippen LogP) is 2.74. The molecule has 0 spiro atoms. The minimum absolute atomic E-state index is 0.0767. The topological polar surface area (TPSA) is 69.8 Å². The monoisotopic (exact) mass is 446 g/mol. The summed E-state index contributed by atoms with van der Waals surface area (Å²) < 4.78 is 10.8. The maximum Gasteiger partial charge on any atom is 0.253 e. The van der Waals surface area contributed by atoms with Gasteiger partial charge in [0.25, 0.3) is 5.56 Å². The van der Waals surface area contributed by atoms with Crippen molar-refractivity contribution in [2.45, 2.75) is 32.7 Å². The summed E-state index contributed by atoms with van der Waals surface area (Å²) in [5, 5.41) is 5.02. The number of ether oxygens (including phenoxy) is 2. The van der Waals surface area contributed by atoms with E-state index in [0.717, 1.165) is 81.9 Å². The van der Waals surface area contributed by atoms with Crippen molar-refractivity contribution < 1.29 is 9.47 Å². The number of benzene rings is 1. The van der Waals surface area contributed by atoms with E-state index in [-0.39, 0.29) is 5.56 Å². The van der Waals surface area contributed by atoms with Crippen LogP contribution in [-0.2, 0) is 11.3 Å². The van der Waals surface area contributed by atoms with E-state index in [0.29, 0.717) is 17.2 Å². The van der Waals surface area contributed by atoms with Crippen LogP contribution in [0.3, 0.4) is 0 Å². The van der Waals surface area contributed by atoms with Crippen LogP contribution in [0.2, 0.25) is 0 Å². The molecule has 2 heterocycles. The minimum atomic E-state index is -0.0767. The van der Waals surface area contributed by atoms with Gasteiger partial charge in [-0.2, -0.15) is 0 Å². The van der Waals surface area contributed by atoms with Crippen molar-refractivity contribution in [3.05, 3.63) is 40.2 Å². The summed E-state index contributed by atoms with van der Waals surface area (Å²) in [6.45, 7) is 8.84. The lowest BCUT2D eigenvalue weighted by Gasteiger charge is -2.29. The van der Waals surface area contributed by atoms with Gasteiger partial charge in [0.1, 0.15) is 5.75 Å². The SMILES string of the molecule is CCCCNC(=S)N(CCCN1CCOCC1)Cc1cc2cc(OC)ccc2[nH]c1=O. The molecule has 0 atom stereocenters. The molecule has 1 aliphatic heterocycles. The summed E-state index contributed by atoms with van der Waals surface area (Å²) in [7, 11) is 1.64. The number of unbranched alkanes of at least 4 members (excludes halogenated alkanes) is 1. The molecule has 1 fully saturated rings. The Hall–Kier alpha value is -2.16. The first-order valence-electron chi connectivity index (χ1n) is 11.1. The number of rotatable bonds is 10. The Bertz CT molecular complexity index is 911. The van der Waals surface area contributed by atoms with Crippen LogP contribution in [0.25, 0.3) is 10.9 Å². The van der Waals surface area contributed by atoms with E-state index in [1.165, 1.54) is 0 Å². The van der Waals surface area contributed by atoms with Crippen LogP contribution in [-0.4, -0.2) is 72.9 Å². The molecule has 0 radical (unpaired) electrons. The molecule has 170 valence electrons. The number of H-pyrrole nitrogens is 1. The highest BCUT2D eigenvalue weighted by molar-refractivity contribution is 7.80. The molecule has 2 N–H and O–H groups in total. The van der Waals surface area contributed by atoms with Crippen molar-refractivity contribution in [1.82, 2.24) is 20.1 Å². The van der Waals surface area contributed by atoms with Crippen LogP contribution in [0, 0.1) is 0 Å². The number of thiocarbonyl (C=S) groups is 1. The quantitative estimate of drug-likeness (QED) is 0.430. The van der Waals surface area contributed by atoms with E-state index >= 15 is 0 Å². The highest BCUT2D eigenvalue weighted by atomic mass is 32.1. The molecule has 0 saturated carbocycles. The van der Waals surface area contributed by atoms with Gasteiger partial charge in [0.2, 0.25) is 0 Å². The molecule has 1 aromatic heterocycles. The standard InChI is InChI=1S/C23H34N4O3S/c1-3-4-8-24-23(31)27(10-5-9-26-11-13-30-14-12-26)17-19-15-18-16-20(29-2)6-7-21(18)25-22(19)28/h6-7,15-16H,3-5,8-14,17H2,1-2H3,(H,24,31)(H,25,28). The third-order valence-electron chi connectivity index (χ3n) is 5.59. The van der Waals surface area contributed by atoms with Gasteiger partial charge in [-0.1, -0.05) is 13.3 Å². The number of nitrogens with zero attached hydrogens (tertiary/aromatic N) is 2. The van der Waals surface area contributed by atoms with Gasteiger partial charge in [-0.25, -0.2) is 0 Å². The fourth-order valence-electron chi connectivity index (χ4n) is 3.73. The number of fused-ring (bicyclic) bond motifs is 1. The number of hydrogen-bond donors (Lipinski definition) is 2. The van der Waals surface area contributed by atoms with Crippen LogP contribution in [0.5, 0.6) is 5.75 Å². The highest BCUT2D eigenvalue weighted by Crippen LogP contribution is 2.19. The van der Waals surface area contributed by atoms with E-state index in [4.69, 9.17) is 21.7 Å². The van der Waals surface area contributed by atoms with Crippen molar-refractivity contribution in [3.63, 3.8) is 0 Å². The van der Waals surface area contributed by atoms with Gasteiger partial charge < -0.3 is 24.7 Å². The van der Waals surface area contributed by atoms with Gasteiger partial charge in [-0.05, 0) is 49.3 Å². The average Bonchev–Trinajstić information content (AvgIpc) is 2.79. The number of aromatic nitrogens is 1. The van der Waals surface area contributed by atoms with Crippen molar-refractivity contribution in [2.24, 2.45) is 0 Å². The maximum atomic E-state index is 12.7. The summed E-state index contributed by atoms with van der Waals surface area (Å²) in [4.78, 5) is 20.3. The van der Waals surface area contributed by atoms with Gasteiger partial charge in [0, 0.05) is 49.2 Å². The first kappa shape index (κ1) is 23.5. The molecular formula is C23H34N4O3S. The lowest BCUT2D eigenvalue weighted by atomic mass is 10.1. The van der Waals surface area contributed by atoms with Crippen molar-refractivity contribution >= 4 is 28.2 Å². The summed E-state index contributed by atoms with van der Waals surface area (Å²) in [5.74, 6) is 0.768. The Kier molecular flexibility index (Phi) is 9.12. The Labute approximate surface area is 189 Å². The van der Waals surface area contributed by atoms with Gasteiger partial charge >= 0.3 is 0 Å². The van der Waals surface area contributed by atoms with Crippen molar-refractivity contribution in [1.29, 1.82) is 0 Å². The molecule has 1 saturated heterocycles. The fraction of sp³-hybridized carbons (Fsp3) is 0.565. The second kappa shape index (κ2) is 12.0. The molecule has 2 aromatic rings. The Morgan fingerprint density at radius 2 is 2.10 bits per heavy atom. The van der Waals surface area contributed by atoms with Gasteiger partial charge in [0.05, 0.1) is 26.9 Å². The molecule has 8 heteroatoms. The third-order valence-corrected chi connectivity index (χ3v) is 5.99. The van der Waals surface area contributed by atoms with Crippen molar-refractivity contribution in [3.8, 4) is 5.75 Å². The molecule has 0 amide bonds. The van der Waals surface area contributed by atoms with E-state index < -0.39 is 0 Å². The zero-order chi connectivity index (χ0) is 22.1. The summed E-state index contributed by atoms with van der Waals surface area (Å²) in [5.41, 5.74) is 1.43. The fourth-order valence-corrected chi connectivity index (χ4v) is 3.98. The molecule has 0 aliphatic carbocycles. The molecule has 3 rings (SSSR count). The highest BCUT2D eigenvalue weighted by Gasteiger charge is 2.15. The van der Waals surface area contributed by atoms with E-state index in [9.17, 15) is 4.79 Å². The van der Waals surface area contributed by atoms with Crippen LogP contribution >= 0.6 is 12.2 Å². The molecular weight excluding hydrogens is 412 g/mol. The number of methoxy groups -OCH3 is 1. The summed E-state index contributed by atoms with van der Waals surface area (Å²) in [6.07, 6.45) is 3.16. The largest absolute Gasteiger partial charge is 0.497 e. The van der Waals surface area contributed by atoms with Crippen molar-refractivity contribution in [2.75, 3.05) is 53.0 Å². The van der Waals surface area contributed by atoms with E-state index in [2.05, 4.69) is 27.0 Å². The molecule has 7 nitrogen and oxygen atoms in total. The van der Waals surface area contributed by atoms with Crippen LogP contribution in [0.1, 0.15) is 31.7 Å². The summed E-state index contributed by atoms with van der Waals surface area (Å²) in [6, 6.07) is 7.61. The normalized spacial score (nSPS) is 14.5. The molecule has 1 aromatic carbocycles. The average molecular weight is 447 g/mol. The molecule has 0 unspecified atom stereocenters. The summed E-state index contributed by atoms with van der Waals surface area (Å²) >= 11 is 5.69. The Balaban J connectivity index is 1.71. The number of hydrogen-bond acceptors (Lipinski definition) is 5. The number of aromatic amines is 1. The van der Waals surface area contributed by atoms with Gasteiger partial charge in [0.15, 0.2) is 5.11 Å². The molecule has 1 aliphatic rings. The minimum Gasteiger partial charge on any atom is -0.497 e. The predicted molar refractivity (Wildman–Crippen MR) is 129 cm³/mol. The van der Waals surface area contributed by atoms with Crippen LogP contribution < -0.4 is 15.6 Å².